The van der Waals surface area contributed by atoms with Crippen LogP contribution in [0.3, 0.4) is 0 Å². The Morgan fingerprint density at radius 3 is 2.42 bits per heavy atom. The number of esters is 1. The number of carbonyl (C=O) groups excluding carboxylic acids is 2. The zero-order valence-corrected chi connectivity index (χ0v) is 11.1. The van der Waals surface area contributed by atoms with E-state index >= 15 is 0 Å². The molecule has 0 fully saturated rings. The molecule has 0 radical (unpaired) electrons. The summed E-state index contributed by atoms with van der Waals surface area (Å²) in [6.45, 7) is 3.42. The van der Waals surface area contributed by atoms with Crippen molar-refractivity contribution in [3.63, 3.8) is 0 Å². The van der Waals surface area contributed by atoms with Crippen LogP contribution in [0.1, 0.15) is 24.2 Å². The first kappa shape index (κ1) is 14.7. The maximum absolute atomic E-state index is 11.7. The molecule has 1 rings (SSSR count). The molecule has 0 aliphatic rings. The van der Waals surface area contributed by atoms with Crippen LogP contribution < -0.4 is 10.2 Å². The van der Waals surface area contributed by atoms with Crippen LogP contribution in [0.15, 0.2) is 29.4 Å². The average molecular weight is 264 g/mol. The van der Waals surface area contributed by atoms with Gasteiger partial charge in [-0.2, -0.15) is 5.10 Å². The molecule has 19 heavy (non-hydrogen) atoms. The summed E-state index contributed by atoms with van der Waals surface area (Å²) < 4.78 is 9.72. The highest BCUT2D eigenvalue weighted by molar-refractivity contribution is 6.35. The Hall–Kier alpha value is -2.37. The molecule has 0 aromatic heterocycles. The number of hydrogen-bond acceptors (Lipinski definition) is 5. The highest BCUT2D eigenvalue weighted by Gasteiger charge is 2.08. The first-order chi connectivity index (χ1) is 9.08. The highest BCUT2D eigenvalue weighted by atomic mass is 16.5. The van der Waals surface area contributed by atoms with Gasteiger partial charge >= 0.3 is 5.97 Å². The molecule has 0 unspecified atom stereocenters. The lowest BCUT2D eigenvalue weighted by Gasteiger charge is -2.03. The molecule has 0 saturated heterocycles. The number of nitrogens with one attached hydrogen (secondary N) is 1. The molecular formula is C13H16N2O4. The smallest absolute Gasteiger partial charge is 0.354 e. The van der Waals surface area contributed by atoms with Gasteiger partial charge < -0.3 is 9.47 Å². The molecule has 0 saturated carbocycles. The molecule has 0 aliphatic heterocycles. The van der Waals surface area contributed by atoms with Crippen LogP contribution in [-0.4, -0.2) is 31.3 Å². The quantitative estimate of drug-likeness (QED) is 0.495. The van der Waals surface area contributed by atoms with Gasteiger partial charge in [0.25, 0.3) is 5.91 Å². The van der Waals surface area contributed by atoms with Gasteiger partial charge in [-0.25, -0.2) is 10.2 Å². The fourth-order valence-corrected chi connectivity index (χ4v) is 1.22. The van der Waals surface area contributed by atoms with Crippen LogP contribution in [0.4, 0.5) is 0 Å². The highest BCUT2D eigenvalue weighted by Crippen LogP contribution is 2.10. The lowest BCUT2D eigenvalue weighted by Crippen LogP contribution is -2.23. The van der Waals surface area contributed by atoms with E-state index in [-0.39, 0.29) is 12.3 Å². The van der Waals surface area contributed by atoms with Gasteiger partial charge in [-0.15, -0.1) is 0 Å². The number of hydrazone groups is 1. The van der Waals surface area contributed by atoms with Crippen LogP contribution in [0.5, 0.6) is 5.75 Å². The Morgan fingerprint density at radius 2 is 1.89 bits per heavy atom. The topological polar surface area (TPSA) is 77.0 Å². The van der Waals surface area contributed by atoms with Crippen molar-refractivity contribution < 1.29 is 19.1 Å². The van der Waals surface area contributed by atoms with Gasteiger partial charge in [-0.1, -0.05) is 0 Å². The maximum atomic E-state index is 11.7. The Kier molecular flexibility index (Phi) is 5.53. The van der Waals surface area contributed by atoms with Crippen LogP contribution in [-0.2, 0) is 9.53 Å². The number of amides is 1. The molecule has 0 spiro atoms. The standard InChI is InChI=1S/C13H16N2O4/c1-4-19-13(17)9(2)14-15-12(16)10-5-7-11(18-3)8-6-10/h5-8H,4H2,1-3H3,(H,15,16)/b14-9+. The summed E-state index contributed by atoms with van der Waals surface area (Å²) in [5.74, 6) is -0.313. The number of carbonyl (C=O) groups is 2. The molecule has 1 N–H and O–H groups in total. The van der Waals surface area contributed by atoms with E-state index in [0.29, 0.717) is 11.3 Å². The summed E-state index contributed by atoms with van der Waals surface area (Å²) in [5.41, 5.74) is 2.79. The van der Waals surface area contributed by atoms with Gasteiger partial charge in [-0.05, 0) is 38.1 Å². The molecule has 1 aromatic rings. The summed E-state index contributed by atoms with van der Waals surface area (Å²) in [6, 6.07) is 6.53. The van der Waals surface area contributed by atoms with Crippen molar-refractivity contribution in [2.24, 2.45) is 5.10 Å². The van der Waals surface area contributed by atoms with Gasteiger partial charge in [-0.3, -0.25) is 4.79 Å². The molecule has 1 amide bonds. The molecule has 0 aliphatic carbocycles. The average Bonchev–Trinajstić information content (AvgIpc) is 2.44. The summed E-state index contributed by atoms with van der Waals surface area (Å²) >= 11 is 0. The second-order valence-corrected chi connectivity index (χ2v) is 3.59. The normalized spacial score (nSPS) is 10.8. The van der Waals surface area contributed by atoms with Crippen LogP contribution >= 0.6 is 0 Å². The lowest BCUT2D eigenvalue weighted by molar-refractivity contribution is -0.135. The summed E-state index contributed by atoms with van der Waals surface area (Å²) in [6.07, 6.45) is 0. The largest absolute Gasteiger partial charge is 0.497 e. The fraction of sp³-hybridized carbons (Fsp3) is 0.308. The summed E-state index contributed by atoms with van der Waals surface area (Å²) in [7, 11) is 1.54. The number of nitrogens with zero attached hydrogens (tertiary/aromatic N) is 1. The van der Waals surface area contributed by atoms with Crippen molar-refractivity contribution in [2.45, 2.75) is 13.8 Å². The minimum atomic E-state index is -0.558. The molecule has 0 heterocycles. The third-order valence-corrected chi connectivity index (χ3v) is 2.25. The Bertz CT molecular complexity index is 480. The Labute approximate surface area is 111 Å². The second kappa shape index (κ2) is 7.15. The van der Waals surface area contributed by atoms with Crippen molar-refractivity contribution in [3.05, 3.63) is 29.8 Å². The molecule has 6 nitrogen and oxygen atoms in total. The molecule has 102 valence electrons. The summed E-state index contributed by atoms with van der Waals surface area (Å²) in [4.78, 5) is 23.0. The third-order valence-electron chi connectivity index (χ3n) is 2.25. The minimum absolute atomic E-state index is 0.0868. The number of rotatable bonds is 5. The molecule has 0 bridgehead atoms. The first-order valence-corrected chi connectivity index (χ1v) is 5.74. The number of methoxy groups -OCH3 is 1. The van der Waals surface area contributed by atoms with Crippen molar-refractivity contribution in [1.82, 2.24) is 5.43 Å². The van der Waals surface area contributed by atoms with Crippen LogP contribution in [0, 0.1) is 0 Å². The zero-order valence-electron chi connectivity index (χ0n) is 11.1. The van der Waals surface area contributed by atoms with Crippen molar-refractivity contribution in [3.8, 4) is 5.75 Å². The predicted octanol–water partition coefficient (Wildman–Crippen LogP) is 1.36. The van der Waals surface area contributed by atoms with Gasteiger partial charge in [0.15, 0.2) is 0 Å². The van der Waals surface area contributed by atoms with Gasteiger partial charge in [0.05, 0.1) is 13.7 Å². The van der Waals surface area contributed by atoms with Gasteiger partial charge in [0.2, 0.25) is 0 Å². The van der Waals surface area contributed by atoms with Gasteiger partial charge in [0, 0.05) is 5.56 Å². The minimum Gasteiger partial charge on any atom is -0.497 e. The number of ether oxygens (including phenoxy) is 2. The van der Waals surface area contributed by atoms with Crippen LogP contribution in [0.25, 0.3) is 0 Å². The maximum Gasteiger partial charge on any atom is 0.354 e. The van der Waals surface area contributed by atoms with E-state index in [1.165, 1.54) is 6.92 Å². The monoisotopic (exact) mass is 264 g/mol. The molecule has 1 aromatic carbocycles. The Morgan fingerprint density at radius 1 is 1.26 bits per heavy atom. The molecule has 6 heteroatoms. The van der Waals surface area contributed by atoms with E-state index in [9.17, 15) is 9.59 Å². The van der Waals surface area contributed by atoms with Crippen LogP contribution in [0.2, 0.25) is 0 Å². The van der Waals surface area contributed by atoms with Crippen molar-refractivity contribution in [1.29, 1.82) is 0 Å². The molecular weight excluding hydrogens is 248 g/mol. The van der Waals surface area contributed by atoms with E-state index in [2.05, 4.69) is 10.5 Å². The second-order valence-electron chi connectivity index (χ2n) is 3.59. The van der Waals surface area contributed by atoms with E-state index in [0.717, 1.165) is 0 Å². The predicted molar refractivity (Wildman–Crippen MR) is 70.2 cm³/mol. The zero-order chi connectivity index (χ0) is 14.3. The van der Waals surface area contributed by atoms with E-state index < -0.39 is 11.9 Å². The summed E-state index contributed by atoms with van der Waals surface area (Å²) in [5, 5.41) is 3.67. The van der Waals surface area contributed by atoms with E-state index in [1.54, 1.807) is 38.3 Å². The molecule has 0 atom stereocenters. The third kappa shape index (κ3) is 4.42. The fourth-order valence-electron chi connectivity index (χ4n) is 1.22. The SMILES string of the molecule is CCOC(=O)/C(C)=N/NC(=O)c1ccc(OC)cc1. The first-order valence-electron chi connectivity index (χ1n) is 5.74. The van der Waals surface area contributed by atoms with Crippen molar-refractivity contribution >= 4 is 17.6 Å². The van der Waals surface area contributed by atoms with Gasteiger partial charge in [0.1, 0.15) is 11.5 Å². The lowest BCUT2D eigenvalue weighted by atomic mass is 10.2. The van der Waals surface area contributed by atoms with Crippen molar-refractivity contribution in [2.75, 3.05) is 13.7 Å². The van der Waals surface area contributed by atoms with E-state index in [4.69, 9.17) is 9.47 Å². The number of benzene rings is 1. The van der Waals surface area contributed by atoms with E-state index in [1.807, 2.05) is 0 Å². The number of hydrogen-bond donors (Lipinski definition) is 1. The Balaban J connectivity index is 2.64.